The number of pyridine rings is 1. The Morgan fingerprint density at radius 3 is 2.72 bits per heavy atom. The Morgan fingerprint density at radius 1 is 1.33 bits per heavy atom. The summed E-state index contributed by atoms with van der Waals surface area (Å²) in [5.41, 5.74) is 1.31. The summed E-state index contributed by atoms with van der Waals surface area (Å²) in [6.45, 7) is 1.03. The predicted molar refractivity (Wildman–Crippen MR) is 69.5 cm³/mol. The Hall–Kier alpha value is -1.40. The van der Waals surface area contributed by atoms with Crippen molar-refractivity contribution in [3.05, 3.63) is 30.1 Å². The van der Waals surface area contributed by atoms with E-state index in [4.69, 9.17) is 5.26 Å². The number of nitrogens with zero attached hydrogens (tertiary/aromatic N) is 3. The van der Waals surface area contributed by atoms with E-state index in [0.717, 1.165) is 13.0 Å². The second-order valence-corrected chi connectivity index (χ2v) is 5.62. The van der Waals surface area contributed by atoms with Gasteiger partial charge in [-0.3, -0.25) is 9.88 Å². The Balaban J connectivity index is 1.67. The molecule has 0 radical (unpaired) electrons. The van der Waals surface area contributed by atoms with E-state index < -0.39 is 0 Å². The highest BCUT2D eigenvalue weighted by Crippen LogP contribution is 2.40. The van der Waals surface area contributed by atoms with Gasteiger partial charge in [0.25, 0.3) is 0 Å². The van der Waals surface area contributed by atoms with Gasteiger partial charge in [0.05, 0.1) is 6.07 Å². The zero-order chi connectivity index (χ0) is 12.4. The van der Waals surface area contributed by atoms with Crippen molar-refractivity contribution in [1.29, 1.82) is 5.26 Å². The summed E-state index contributed by atoms with van der Waals surface area (Å²) in [6, 6.07) is 7.91. The molecule has 3 heteroatoms. The van der Waals surface area contributed by atoms with Crippen LogP contribution in [0.15, 0.2) is 24.5 Å². The molecular weight excluding hydrogens is 222 g/mol. The lowest BCUT2D eigenvalue weighted by Crippen LogP contribution is -2.42. The third-order valence-corrected chi connectivity index (χ3v) is 4.45. The molecule has 2 bridgehead atoms. The Morgan fingerprint density at radius 2 is 2.11 bits per heavy atom. The van der Waals surface area contributed by atoms with E-state index in [2.05, 4.69) is 22.0 Å². The lowest BCUT2D eigenvalue weighted by Gasteiger charge is -2.38. The van der Waals surface area contributed by atoms with Gasteiger partial charge in [0.1, 0.15) is 0 Å². The van der Waals surface area contributed by atoms with Gasteiger partial charge in [-0.25, -0.2) is 0 Å². The molecule has 2 unspecified atom stereocenters. The molecule has 0 aromatic carbocycles. The van der Waals surface area contributed by atoms with Crippen LogP contribution in [-0.2, 0) is 6.54 Å². The lowest BCUT2D eigenvalue weighted by atomic mass is 9.88. The molecule has 0 N–H and O–H groups in total. The third-order valence-electron chi connectivity index (χ3n) is 4.45. The number of rotatable bonds is 3. The van der Waals surface area contributed by atoms with Gasteiger partial charge in [-0.05, 0) is 43.2 Å². The van der Waals surface area contributed by atoms with Crippen LogP contribution in [0.5, 0.6) is 0 Å². The SMILES string of the molecule is N#CCC1CC2CCC(C1)N2Cc1cccnc1. The Kier molecular flexibility index (Phi) is 3.29. The standard InChI is InChI=1S/C15H19N3/c16-6-5-12-8-14-3-4-15(9-12)18(14)11-13-2-1-7-17-10-13/h1-2,7,10,12,14-15H,3-5,8-9,11H2. The van der Waals surface area contributed by atoms with Crippen LogP contribution >= 0.6 is 0 Å². The summed E-state index contributed by atoms with van der Waals surface area (Å²) in [7, 11) is 0. The Labute approximate surface area is 108 Å². The van der Waals surface area contributed by atoms with Gasteiger partial charge < -0.3 is 0 Å². The molecule has 2 aliphatic heterocycles. The maximum absolute atomic E-state index is 8.84. The fourth-order valence-corrected chi connectivity index (χ4v) is 3.64. The number of aromatic nitrogens is 1. The molecule has 1 aromatic heterocycles. The van der Waals surface area contributed by atoms with Gasteiger partial charge in [-0.2, -0.15) is 5.26 Å². The maximum Gasteiger partial charge on any atom is 0.0624 e. The van der Waals surface area contributed by atoms with Gasteiger partial charge in [0, 0.05) is 37.4 Å². The first-order valence-corrected chi connectivity index (χ1v) is 6.88. The van der Waals surface area contributed by atoms with Crippen LogP contribution in [0.25, 0.3) is 0 Å². The number of piperidine rings is 1. The molecule has 2 atom stereocenters. The molecule has 3 rings (SSSR count). The van der Waals surface area contributed by atoms with Crippen LogP contribution in [0.1, 0.15) is 37.7 Å². The first-order chi connectivity index (χ1) is 8.86. The molecule has 1 aromatic rings. The molecule has 94 valence electrons. The number of fused-ring (bicyclic) bond motifs is 2. The largest absolute Gasteiger partial charge is 0.293 e. The van der Waals surface area contributed by atoms with Crippen molar-refractivity contribution in [3.8, 4) is 6.07 Å². The van der Waals surface area contributed by atoms with Gasteiger partial charge in [0.15, 0.2) is 0 Å². The average Bonchev–Trinajstić information content (AvgIpc) is 2.63. The molecule has 18 heavy (non-hydrogen) atoms. The van der Waals surface area contributed by atoms with Crippen molar-refractivity contribution in [3.63, 3.8) is 0 Å². The van der Waals surface area contributed by atoms with Gasteiger partial charge in [0.2, 0.25) is 0 Å². The topological polar surface area (TPSA) is 39.9 Å². The van der Waals surface area contributed by atoms with E-state index in [1.54, 1.807) is 0 Å². The summed E-state index contributed by atoms with van der Waals surface area (Å²) in [6.07, 6.45) is 9.60. The van der Waals surface area contributed by atoms with E-state index in [1.807, 2.05) is 18.5 Å². The van der Waals surface area contributed by atoms with Crippen LogP contribution in [-0.4, -0.2) is 22.0 Å². The van der Waals surface area contributed by atoms with Crippen molar-refractivity contribution < 1.29 is 0 Å². The van der Waals surface area contributed by atoms with Crippen LogP contribution in [0.4, 0.5) is 0 Å². The summed E-state index contributed by atoms with van der Waals surface area (Å²) in [4.78, 5) is 6.84. The van der Waals surface area contributed by atoms with Crippen molar-refractivity contribution in [2.75, 3.05) is 0 Å². The quantitative estimate of drug-likeness (QED) is 0.817. The minimum absolute atomic E-state index is 0.637. The fraction of sp³-hybridized carbons (Fsp3) is 0.600. The number of hydrogen-bond donors (Lipinski definition) is 0. The molecule has 2 fully saturated rings. The van der Waals surface area contributed by atoms with E-state index in [0.29, 0.717) is 18.0 Å². The highest BCUT2D eigenvalue weighted by atomic mass is 15.2. The number of nitriles is 1. The minimum atomic E-state index is 0.637. The number of hydrogen-bond acceptors (Lipinski definition) is 3. The van der Waals surface area contributed by atoms with Crippen LogP contribution in [0.3, 0.4) is 0 Å². The van der Waals surface area contributed by atoms with E-state index in [9.17, 15) is 0 Å². The molecule has 0 spiro atoms. The maximum atomic E-state index is 8.84. The molecule has 0 amide bonds. The van der Waals surface area contributed by atoms with E-state index in [1.165, 1.54) is 31.2 Å². The monoisotopic (exact) mass is 241 g/mol. The van der Waals surface area contributed by atoms with Crippen LogP contribution < -0.4 is 0 Å². The highest BCUT2D eigenvalue weighted by Gasteiger charge is 2.40. The van der Waals surface area contributed by atoms with Gasteiger partial charge in [-0.15, -0.1) is 0 Å². The summed E-state index contributed by atoms with van der Waals surface area (Å²) < 4.78 is 0. The van der Waals surface area contributed by atoms with Gasteiger partial charge in [-0.1, -0.05) is 6.07 Å². The smallest absolute Gasteiger partial charge is 0.0624 e. The van der Waals surface area contributed by atoms with Crippen molar-refractivity contribution in [2.24, 2.45) is 5.92 Å². The average molecular weight is 241 g/mol. The summed E-state index contributed by atoms with van der Waals surface area (Å²) in [5, 5.41) is 8.84. The molecule has 3 heterocycles. The van der Waals surface area contributed by atoms with Crippen LogP contribution in [0, 0.1) is 17.2 Å². The summed E-state index contributed by atoms with van der Waals surface area (Å²) >= 11 is 0. The fourth-order valence-electron chi connectivity index (χ4n) is 3.64. The Bertz CT molecular complexity index is 423. The molecule has 2 aliphatic rings. The molecule has 0 aliphatic carbocycles. The first kappa shape index (κ1) is 11.7. The van der Waals surface area contributed by atoms with Crippen molar-refractivity contribution in [2.45, 2.75) is 50.7 Å². The third kappa shape index (κ3) is 2.26. The molecule has 0 saturated carbocycles. The minimum Gasteiger partial charge on any atom is -0.293 e. The zero-order valence-corrected chi connectivity index (χ0v) is 10.6. The normalized spacial score (nSPS) is 31.2. The molecule has 3 nitrogen and oxygen atoms in total. The highest BCUT2D eigenvalue weighted by molar-refractivity contribution is 5.10. The van der Waals surface area contributed by atoms with Crippen LogP contribution in [0.2, 0.25) is 0 Å². The van der Waals surface area contributed by atoms with Crippen molar-refractivity contribution in [1.82, 2.24) is 9.88 Å². The lowest BCUT2D eigenvalue weighted by molar-refractivity contribution is 0.0975. The molecule has 2 saturated heterocycles. The van der Waals surface area contributed by atoms with E-state index >= 15 is 0 Å². The zero-order valence-electron chi connectivity index (χ0n) is 10.6. The van der Waals surface area contributed by atoms with E-state index in [-0.39, 0.29) is 0 Å². The second kappa shape index (κ2) is 5.07. The van der Waals surface area contributed by atoms with Crippen molar-refractivity contribution >= 4 is 0 Å². The second-order valence-electron chi connectivity index (χ2n) is 5.62. The van der Waals surface area contributed by atoms with Gasteiger partial charge >= 0.3 is 0 Å². The predicted octanol–water partition coefficient (Wildman–Crippen LogP) is 2.74. The summed E-state index contributed by atoms with van der Waals surface area (Å²) in [5.74, 6) is 0.637. The molecular formula is C15H19N3. The first-order valence-electron chi connectivity index (χ1n) is 6.88.